The molecule has 1 saturated carbocycles. The van der Waals surface area contributed by atoms with E-state index < -0.39 is 24.6 Å². The van der Waals surface area contributed by atoms with Crippen LogP contribution in [0.3, 0.4) is 0 Å². The monoisotopic (exact) mass is 301 g/mol. The fourth-order valence-electron chi connectivity index (χ4n) is 3.48. The lowest BCUT2D eigenvalue weighted by Gasteiger charge is -2.42. The van der Waals surface area contributed by atoms with E-state index in [0.29, 0.717) is 25.8 Å². The van der Waals surface area contributed by atoms with E-state index in [4.69, 9.17) is 14.2 Å². The van der Waals surface area contributed by atoms with E-state index in [1.54, 1.807) is 0 Å². The average Bonchev–Trinajstić information content (AvgIpc) is 2.65. The first-order chi connectivity index (χ1) is 10.3. The Labute approximate surface area is 125 Å². The summed E-state index contributed by atoms with van der Waals surface area (Å²) in [5.74, 6) is 0. The van der Waals surface area contributed by atoms with Crippen molar-refractivity contribution in [2.24, 2.45) is 0 Å². The summed E-state index contributed by atoms with van der Waals surface area (Å²) in [5.41, 5.74) is 0. The molecule has 0 aromatic rings. The molecule has 0 aromatic heterocycles. The first kappa shape index (κ1) is 15.6. The Hall–Kier alpha value is -0.240. The van der Waals surface area contributed by atoms with Crippen LogP contribution in [0.5, 0.6) is 0 Å². The minimum Gasteiger partial charge on any atom is -0.387 e. The van der Waals surface area contributed by atoms with E-state index in [0.717, 1.165) is 6.42 Å². The lowest BCUT2D eigenvalue weighted by Crippen LogP contribution is -2.61. The minimum atomic E-state index is -1.04. The molecule has 0 radical (unpaired) electrons. The molecule has 21 heavy (non-hydrogen) atoms. The number of ether oxygens (including phenoxy) is 3. The quantitative estimate of drug-likeness (QED) is 0.689. The summed E-state index contributed by atoms with van der Waals surface area (Å²) in [6.45, 7) is 1.62. The van der Waals surface area contributed by atoms with Gasteiger partial charge >= 0.3 is 0 Å². The van der Waals surface area contributed by atoms with Gasteiger partial charge in [-0.3, -0.25) is 0 Å². The first-order valence-corrected chi connectivity index (χ1v) is 8.24. The summed E-state index contributed by atoms with van der Waals surface area (Å²) in [4.78, 5) is 0. The molecule has 5 unspecified atom stereocenters. The lowest BCUT2D eigenvalue weighted by molar-refractivity contribution is -0.293. The summed E-state index contributed by atoms with van der Waals surface area (Å²) in [6, 6.07) is 0.525. The van der Waals surface area contributed by atoms with Gasteiger partial charge in [0.2, 0.25) is 0 Å². The Morgan fingerprint density at radius 3 is 2.48 bits per heavy atom. The number of fused-ring (bicyclic) bond motifs is 6. The fraction of sp³-hybridized carbons (Fsp3) is 1.00. The maximum atomic E-state index is 10.2. The van der Waals surface area contributed by atoms with E-state index in [-0.39, 0.29) is 6.10 Å². The smallest absolute Gasteiger partial charge is 0.186 e. The Morgan fingerprint density at radius 2 is 1.67 bits per heavy atom. The van der Waals surface area contributed by atoms with Crippen LogP contribution in [0.1, 0.15) is 38.5 Å². The molecule has 3 heterocycles. The van der Waals surface area contributed by atoms with Crippen LogP contribution < -0.4 is 5.32 Å². The zero-order valence-corrected chi connectivity index (χ0v) is 12.4. The van der Waals surface area contributed by atoms with Crippen molar-refractivity contribution >= 4 is 0 Å². The Balaban J connectivity index is 1.60. The van der Waals surface area contributed by atoms with Crippen LogP contribution in [0.15, 0.2) is 0 Å². The molecule has 6 nitrogen and oxygen atoms in total. The summed E-state index contributed by atoms with van der Waals surface area (Å²) in [5, 5.41) is 23.8. The highest BCUT2D eigenvalue weighted by molar-refractivity contribution is 4.92. The molecule has 3 saturated heterocycles. The Bertz CT molecular complexity index is 321. The average molecular weight is 301 g/mol. The van der Waals surface area contributed by atoms with Gasteiger partial charge in [-0.25, -0.2) is 0 Å². The van der Waals surface area contributed by atoms with E-state index in [1.165, 1.54) is 32.1 Å². The molecule has 0 amide bonds. The first-order valence-electron chi connectivity index (χ1n) is 8.24. The van der Waals surface area contributed by atoms with Gasteiger partial charge in [0.15, 0.2) is 6.29 Å². The summed E-state index contributed by atoms with van der Waals surface area (Å²) >= 11 is 0. The van der Waals surface area contributed by atoms with Gasteiger partial charge in [-0.15, -0.1) is 0 Å². The van der Waals surface area contributed by atoms with E-state index in [1.807, 2.05) is 0 Å². The lowest BCUT2D eigenvalue weighted by atomic mass is 9.94. The maximum absolute atomic E-state index is 10.2. The van der Waals surface area contributed by atoms with Crippen LogP contribution in [-0.2, 0) is 14.2 Å². The molecular weight excluding hydrogens is 274 g/mol. The molecule has 2 bridgehead atoms. The highest BCUT2D eigenvalue weighted by atomic mass is 16.7. The summed E-state index contributed by atoms with van der Waals surface area (Å²) < 4.78 is 17.1. The molecule has 1 aliphatic carbocycles. The third-order valence-corrected chi connectivity index (χ3v) is 4.73. The molecule has 3 aliphatic heterocycles. The van der Waals surface area contributed by atoms with Gasteiger partial charge in [-0.1, -0.05) is 19.3 Å². The SMILES string of the molecule is OC1C2OCCCOC(C(CNC3CCCCC3)O2)C1O. The van der Waals surface area contributed by atoms with Gasteiger partial charge in [0.1, 0.15) is 24.4 Å². The Kier molecular flexibility index (Phi) is 5.48. The predicted molar refractivity (Wildman–Crippen MR) is 75.9 cm³/mol. The topological polar surface area (TPSA) is 80.2 Å². The normalized spacial score (nSPS) is 42.3. The third-order valence-electron chi connectivity index (χ3n) is 4.73. The molecule has 4 aliphatic rings. The van der Waals surface area contributed by atoms with Crippen molar-refractivity contribution in [2.45, 2.75) is 75.3 Å². The van der Waals surface area contributed by atoms with E-state index in [2.05, 4.69) is 5.32 Å². The minimum absolute atomic E-state index is 0.284. The van der Waals surface area contributed by atoms with Crippen molar-refractivity contribution in [1.82, 2.24) is 5.32 Å². The van der Waals surface area contributed by atoms with Crippen molar-refractivity contribution in [1.29, 1.82) is 0 Å². The molecule has 0 aromatic carbocycles. The van der Waals surface area contributed by atoms with Crippen molar-refractivity contribution in [3.8, 4) is 0 Å². The zero-order chi connectivity index (χ0) is 14.7. The highest BCUT2D eigenvalue weighted by Gasteiger charge is 2.46. The van der Waals surface area contributed by atoms with Crippen LogP contribution in [0.2, 0.25) is 0 Å². The Morgan fingerprint density at radius 1 is 0.905 bits per heavy atom. The van der Waals surface area contributed by atoms with Gasteiger partial charge in [0.25, 0.3) is 0 Å². The van der Waals surface area contributed by atoms with Crippen molar-refractivity contribution in [3.05, 3.63) is 0 Å². The van der Waals surface area contributed by atoms with Crippen LogP contribution in [-0.4, -0.2) is 66.7 Å². The number of rotatable bonds is 3. The number of nitrogens with one attached hydrogen (secondary N) is 1. The van der Waals surface area contributed by atoms with Crippen molar-refractivity contribution < 1.29 is 24.4 Å². The largest absolute Gasteiger partial charge is 0.387 e. The highest BCUT2D eigenvalue weighted by Crippen LogP contribution is 2.26. The molecule has 4 rings (SSSR count). The second kappa shape index (κ2) is 7.35. The van der Waals surface area contributed by atoms with Gasteiger partial charge in [-0.2, -0.15) is 0 Å². The van der Waals surface area contributed by atoms with Crippen LogP contribution in [0, 0.1) is 0 Å². The van der Waals surface area contributed by atoms with E-state index in [9.17, 15) is 10.2 Å². The summed E-state index contributed by atoms with van der Waals surface area (Å²) in [7, 11) is 0. The van der Waals surface area contributed by atoms with Gasteiger partial charge in [0, 0.05) is 19.2 Å². The molecule has 122 valence electrons. The van der Waals surface area contributed by atoms with Crippen molar-refractivity contribution in [3.63, 3.8) is 0 Å². The molecule has 6 heteroatoms. The fourth-order valence-corrected chi connectivity index (χ4v) is 3.48. The number of aliphatic hydroxyl groups is 2. The second-order valence-electron chi connectivity index (χ2n) is 6.33. The predicted octanol–water partition coefficient (Wildman–Crippen LogP) is 0.161. The number of hydrogen-bond donors (Lipinski definition) is 3. The van der Waals surface area contributed by atoms with Crippen LogP contribution >= 0.6 is 0 Å². The van der Waals surface area contributed by atoms with E-state index >= 15 is 0 Å². The standard InChI is InChI=1S/C15H27NO5/c17-12-13(18)15-20-8-4-7-19-14(12)11(21-15)9-16-10-5-2-1-3-6-10/h10-18H,1-9H2. The van der Waals surface area contributed by atoms with Gasteiger partial charge < -0.3 is 29.7 Å². The van der Waals surface area contributed by atoms with Crippen LogP contribution in [0.4, 0.5) is 0 Å². The number of hydrogen-bond acceptors (Lipinski definition) is 6. The van der Waals surface area contributed by atoms with Gasteiger partial charge in [0.05, 0.1) is 6.61 Å². The molecular formula is C15H27NO5. The van der Waals surface area contributed by atoms with Crippen molar-refractivity contribution in [2.75, 3.05) is 19.8 Å². The van der Waals surface area contributed by atoms with Gasteiger partial charge in [-0.05, 0) is 19.3 Å². The molecule has 5 atom stereocenters. The van der Waals surface area contributed by atoms with Crippen LogP contribution in [0.25, 0.3) is 0 Å². The maximum Gasteiger partial charge on any atom is 0.186 e. The summed E-state index contributed by atoms with van der Waals surface area (Å²) in [6.07, 6.45) is 3.49. The number of aliphatic hydroxyl groups excluding tert-OH is 2. The second-order valence-corrected chi connectivity index (χ2v) is 6.33. The third kappa shape index (κ3) is 3.75. The zero-order valence-electron chi connectivity index (χ0n) is 12.4. The molecule has 3 N–H and O–H groups in total. The molecule has 4 fully saturated rings. The molecule has 0 spiro atoms.